The first-order valence-corrected chi connectivity index (χ1v) is 7.49. The number of urea groups is 1. The Balaban J connectivity index is 1.80. The number of aryl methyl sites for hydroxylation is 1. The summed E-state index contributed by atoms with van der Waals surface area (Å²) in [4.78, 5) is 16.8. The SMILES string of the molecule is Cc1ncc(CNC(=O)NCc2ccc(Cl)cc2Cl)s1. The average molecular weight is 330 g/mol. The van der Waals surface area contributed by atoms with Gasteiger partial charge in [-0.3, -0.25) is 0 Å². The molecule has 4 nitrogen and oxygen atoms in total. The van der Waals surface area contributed by atoms with Gasteiger partial charge in [0, 0.05) is 27.7 Å². The molecule has 20 heavy (non-hydrogen) atoms. The molecule has 0 saturated carbocycles. The van der Waals surface area contributed by atoms with Gasteiger partial charge in [-0.1, -0.05) is 29.3 Å². The predicted molar refractivity (Wildman–Crippen MR) is 82.4 cm³/mol. The number of benzene rings is 1. The number of amides is 2. The van der Waals surface area contributed by atoms with Gasteiger partial charge in [0.25, 0.3) is 0 Å². The zero-order valence-corrected chi connectivity index (χ0v) is 13.1. The molecule has 2 rings (SSSR count). The number of nitrogens with zero attached hydrogens (tertiary/aromatic N) is 1. The number of carbonyl (C=O) groups is 1. The minimum atomic E-state index is -0.248. The van der Waals surface area contributed by atoms with E-state index in [0.29, 0.717) is 23.1 Å². The molecule has 1 aromatic heterocycles. The summed E-state index contributed by atoms with van der Waals surface area (Å²) in [5.74, 6) is 0. The van der Waals surface area contributed by atoms with E-state index in [1.54, 1.807) is 35.7 Å². The van der Waals surface area contributed by atoms with Crippen molar-refractivity contribution < 1.29 is 4.79 Å². The van der Waals surface area contributed by atoms with E-state index in [1.807, 2.05) is 6.92 Å². The minimum Gasteiger partial charge on any atom is -0.334 e. The zero-order chi connectivity index (χ0) is 14.5. The van der Waals surface area contributed by atoms with Crippen LogP contribution in [-0.4, -0.2) is 11.0 Å². The van der Waals surface area contributed by atoms with Crippen molar-refractivity contribution in [3.05, 3.63) is 49.9 Å². The van der Waals surface area contributed by atoms with Crippen molar-refractivity contribution in [3.8, 4) is 0 Å². The summed E-state index contributed by atoms with van der Waals surface area (Å²) in [7, 11) is 0. The van der Waals surface area contributed by atoms with Gasteiger partial charge in [0.1, 0.15) is 0 Å². The van der Waals surface area contributed by atoms with E-state index in [2.05, 4.69) is 15.6 Å². The molecule has 0 radical (unpaired) electrons. The minimum absolute atomic E-state index is 0.248. The van der Waals surface area contributed by atoms with Crippen LogP contribution in [0.4, 0.5) is 4.79 Å². The van der Waals surface area contributed by atoms with Crippen LogP contribution in [-0.2, 0) is 13.1 Å². The van der Waals surface area contributed by atoms with E-state index in [-0.39, 0.29) is 6.03 Å². The Morgan fingerprint density at radius 1 is 1.30 bits per heavy atom. The third-order valence-corrected chi connectivity index (χ3v) is 4.05. The predicted octanol–water partition coefficient (Wildman–Crippen LogP) is 3.76. The highest BCUT2D eigenvalue weighted by atomic mass is 35.5. The molecule has 106 valence electrons. The van der Waals surface area contributed by atoms with Crippen molar-refractivity contribution in [3.63, 3.8) is 0 Å². The van der Waals surface area contributed by atoms with E-state index >= 15 is 0 Å². The van der Waals surface area contributed by atoms with Crippen molar-refractivity contribution in [2.24, 2.45) is 0 Å². The normalized spacial score (nSPS) is 10.3. The summed E-state index contributed by atoms with van der Waals surface area (Å²) in [6, 6.07) is 4.93. The highest BCUT2D eigenvalue weighted by molar-refractivity contribution is 7.11. The summed E-state index contributed by atoms with van der Waals surface area (Å²) >= 11 is 13.4. The molecule has 0 bridgehead atoms. The van der Waals surface area contributed by atoms with E-state index in [9.17, 15) is 4.79 Å². The fourth-order valence-corrected chi connectivity index (χ4v) is 2.77. The molecule has 1 aromatic carbocycles. The quantitative estimate of drug-likeness (QED) is 0.897. The lowest BCUT2D eigenvalue weighted by Gasteiger charge is -2.08. The molecule has 0 fully saturated rings. The molecule has 1 heterocycles. The van der Waals surface area contributed by atoms with Crippen molar-refractivity contribution in [2.75, 3.05) is 0 Å². The Kier molecular flexibility index (Phi) is 5.23. The lowest BCUT2D eigenvalue weighted by atomic mass is 10.2. The Morgan fingerprint density at radius 3 is 2.70 bits per heavy atom. The molecule has 2 amide bonds. The lowest BCUT2D eigenvalue weighted by molar-refractivity contribution is 0.240. The Hall–Kier alpha value is -1.30. The number of thiazole rings is 1. The Labute approximate surface area is 131 Å². The molecular formula is C13H13Cl2N3OS. The lowest BCUT2D eigenvalue weighted by Crippen LogP contribution is -2.34. The molecule has 0 unspecified atom stereocenters. The summed E-state index contributed by atoms with van der Waals surface area (Å²) < 4.78 is 0. The highest BCUT2D eigenvalue weighted by Gasteiger charge is 2.05. The number of halogens is 2. The molecule has 0 aliphatic heterocycles. The Bertz CT molecular complexity index is 615. The van der Waals surface area contributed by atoms with Crippen LogP contribution in [0.1, 0.15) is 15.4 Å². The molecule has 0 aliphatic carbocycles. The maximum Gasteiger partial charge on any atom is 0.315 e. The largest absolute Gasteiger partial charge is 0.334 e. The maximum atomic E-state index is 11.7. The Morgan fingerprint density at radius 2 is 2.05 bits per heavy atom. The highest BCUT2D eigenvalue weighted by Crippen LogP contribution is 2.20. The second kappa shape index (κ2) is 6.92. The zero-order valence-electron chi connectivity index (χ0n) is 10.7. The second-order valence-corrected chi connectivity index (χ2v) is 6.28. The number of nitrogens with one attached hydrogen (secondary N) is 2. The topological polar surface area (TPSA) is 54.0 Å². The molecule has 0 saturated heterocycles. The van der Waals surface area contributed by atoms with Crippen LogP contribution in [0.3, 0.4) is 0 Å². The molecule has 0 atom stereocenters. The molecule has 7 heteroatoms. The molecule has 2 N–H and O–H groups in total. The van der Waals surface area contributed by atoms with Gasteiger partial charge < -0.3 is 10.6 Å². The standard InChI is InChI=1S/C13H13Cl2N3OS/c1-8-16-6-11(20-8)7-18-13(19)17-5-9-2-3-10(14)4-12(9)15/h2-4,6H,5,7H2,1H3,(H2,17,18,19). The third kappa shape index (κ3) is 4.37. The van der Waals surface area contributed by atoms with Crippen LogP contribution in [0.25, 0.3) is 0 Å². The van der Waals surface area contributed by atoms with Gasteiger partial charge >= 0.3 is 6.03 Å². The van der Waals surface area contributed by atoms with Crippen LogP contribution in [0.15, 0.2) is 24.4 Å². The summed E-state index contributed by atoms with van der Waals surface area (Å²) in [6.45, 7) is 2.74. The van der Waals surface area contributed by atoms with Crippen molar-refractivity contribution >= 4 is 40.6 Å². The van der Waals surface area contributed by atoms with E-state index < -0.39 is 0 Å². The van der Waals surface area contributed by atoms with E-state index in [4.69, 9.17) is 23.2 Å². The molecular weight excluding hydrogens is 317 g/mol. The smallest absolute Gasteiger partial charge is 0.315 e. The van der Waals surface area contributed by atoms with Crippen molar-refractivity contribution in [2.45, 2.75) is 20.0 Å². The van der Waals surface area contributed by atoms with Gasteiger partial charge in [0.05, 0.1) is 11.6 Å². The van der Waals surface area contributed by atoms with E-state index in [1.165, 1.54) is 0 Å². The maximum absolute atomic E-state index is 11.7. The van der Waals surface area contributed by atoms with Crippen LogP contribution in [0, 0.1) is 6.92 Å². The molecule has 2 aromatic rings. The van der Waals surface area contributed by atoms with Crippen LogP contribution in [0.2, 0.25) is 10.0 Å². The third-order valence-electron chi connectivity index (χ3n) is 2.55. The van der Waals surface area contributed by atoms with Gasteiger partial charge in [-0.15, -0.1) is 11.3 Å². The van der Waals surface area contributed by atoms with Crippen LogP contribution in [0.5, 0.6) is 0 Å². The average Bonchev–Trinajstić information content (AvgIpc) is 2.81. The van der Waals surface area contributed by atoms with Gasteiger partial charge in [0.2, 0.25) is 0 Å². The summed E-state index contributed by atoms with van der Waals surface area (Å²) in [5, 5.41) is 7.60. The van der Waals surface area contributed by atoms with Crippen molar-refractivity contribution in [1.82, 2.24) is 15.6 Å². The second-order valence-electron chi connectivity index (χ2n) is 4.12. The van der Waals surface area contributed by atoms with Gasteiger partial charge in [-0.05, 0) is 24.6 Å². The van der Waals surface area contributed by atoms with Gasteiger partial charge in [-0.2, -0.15) is 0 Å². The fraction of sp³-hybridized carbons (Fsp3) is 0.231. The summed E-state index contributed by atoms with van der Waals surface area (Å²) in [5.41, 5.74) is 0.819. The number of carbonyl (C=O) groups excluding carboxylic acids is 1. The van der Waals surface area contributed by atoms with Crippen LogP contribution >= 0.6 is 34.5 Å². The molecule has 0 spiro atoms. The molecule has 0 aliphatic rings. The van der Waals surface area contributed by atoms with E-state index in [0.717, 1.165) is 15.4 Å². The fourth-order valence-electron chi connectivity index (χ4n) is 1.56. The number of hydrogen-bond donors (Lipinski definition) is 2. The first kappa shape index (κ1) is 15.1. The monoisotopic (exact) mass is 329 g/mol. The number of aromatic nitrogens is 1. The van der Waals surface area contributed by atoms with Crippen molar-refractivity contribution in [1.29, 1.82) is 0 Å². The summed E-state index contributed by atoms with van der Waals surface area (Å²) in [6.07, 6.45) is 1.76. The number of rotatable bonds is 4. The van der Waals surface area contributed by atoms with Gasteiger partial charge in [-0.25, -0.2) is 9.78 Å². The van der Waals surface area contributed by atoms with Gasteiger partial charge in [0.15, 0.2) is 0 Å². The first-order valence-electron chi connectivity index (χ1n) is 5.91. The number of hydrogen-bond acceptors (Lipinski definition) is 3. The first-order chi connectivity index (χ1) is 9.54. The van der Waals surface area contributed by atoms with Crippen LogP contribution < -0.4 is 10.6 Å².